The van der Waals surface area contributed by atoms with E-state index in [2.05, 4.69) is 54.0 Å². The topological polar surface area (TPSA) is 41.1 Å². The smallest absolute Gasteiger partial charge is 0.234 e. The standard InChI is InChI=1S/C20H24N2O/c1-14(21-12-11-15-7-5-4-6-8-15)16-9-10-18-17(13-16)20(2,3)19(23)22-18/h4-10,13-14,21H,11-12H2,1-3H3,(H,22,23)/t14-/m1/s1. The molecular weight excluding hydrogens is 284 g/mol. The predicted octanol–water partition coefficient (Wildman–Crippen LogP) is 3.81. The molecule has 23 heavy (non-hydrogen) atoms. The molecule has 1 atom stereocenters. The molecule has 0 fully saturated rings. The maximum Gasteiger partial charge on any atom is 0.234 e. The van der Waals surface area contributed by atoms with E-state index in [1.54, 1.807) is 0 Å². The molecule has 0 saturated carbocycles. The average Bonchev–Trinajstić information content (AvgIpc) is 2.77. The third kappa shape index (κ3) is 3.15. The van der Waals surface area contributed by atoms with Crippen LogP contribution in [0.3, 0.4) is 0 Å². The molecule has 3 nitrogen and oxygen atoms in total. The highest BCUT2D eigenvalue weighted by Gasteiger charge is 2.38. The molecule has 2 aromatic rings. The summed E-state index contributed by atoms with van der Waals surface area (Å²) < 4.78 is 0. The minimum atomic E-state index is -0.449. The van der Waals surface area contributed by atoms with Gasteiger partial charge in [-0.3, -0.25) is 4.79 Å². The fourth-order valence-corrected chi connectivity index (χ4v) is 3.05. The van der Waals surface area contributed by atoms with Gasteiger partial charge in [0.1, 0.15) is 0 Å². The van der Waals surface area contributed by atoms with Crippen LogP contribution in [0.1, 0.15) is 43.5 Å². The monoisotopic (exact) mass is 308 g/mol. The molecule has 1 amide bonds. The lowest BCUT2D eigenvalue weighted by Crippen LogP contribution is -2.27. The van der Waals surface area contributed by atoms with Gasteiger partial charge in [0.25, 0.3) is 0 Å². The Morgan fingerprint density at radius 1 is 1.13 bits per heavy atom. The van der Waals surface area contributed by atoms with E-state index in [1.807, 2.05) is 26.0 Å². The number of amides is 1. The molecule has 1 heterocycles. The largest absolute Gasteiger partial charge is 0.325 e. The van der Waals surface area contributed by atoms with Crippen LogP contribution < -0.4 is 10.6 Å². The first-order chi connectivity index (χ1) is 11.0. The Labute approximate surface area is 138 Å². The fourth-order valence-electron chi connectivity index (χ4n) is 3.05. The Hall–Kier alpha value is -2.13. The molecule has 2 N–H and O–H groups in total. The van der Waals surface area contributed by atoms with Crippen molar-refractivity contribution in [3.8, 4) is 0 Å². The van der Waals surface area contributed by atoms with E-state index in [-0.39, 0.29) is 11.9 Å². The van der Waals surface area contributed by atoms with Crippen LogP contribution in [0.15, 0.2) is 48.5 Å². The van der Waals surface area contributed by atoms with Crippen LogP contribution in [-0.4, -0.2) is 12.5 Å². The van der Waals surface area contributed by atoms with Gasteiger partial charge in [-0.2, -0.15) is 0 Å². The number of anilines is 1. The zero-order valence-electron chi connectivity index (χ0n) is 14.0. The van der Waals surface area contributed by atoms with Gasteiger partial charge in [-0.25, -0.2) is 0 Å². The molecule has 0 bridgehead atoms. The van der Waals surface area contributed by atoms with Crippen LogP contribution in [0.2, 0.25) is 0 Å². The second kappa shape index (κ2) is 6.17. The molecule has 1 aliphatic rings. The summed E-state index contributed by atoms with van der Waals surface area (Å²) in [7, 11) is 0. The minimum Gasteiger partial charge on any atom is -0.325 e. The highest BCUT2D eigenvalue weighted by Crippen LogP contribution is 2.38. The van der Waals surface area contributed by atoms with Crippen LogP contribution in [0.5, 0.6) is 0 Å². The molecule has 2 aromatic carbocycles. The van der Waals surface area contributed by atoms with Crippen molar-refractivity contribution >= 4 is 11.6 Å². The summed E-state index contributed by atoms with van der Waals surface area (Å²) >= 11 is 0. The predicted molar refractivity (Wildman–Crippen MR) is 94.7 cm³/mol. The molecule has 0 aromatic heterocycles. The summed E-state index contributed by atoms with van der Waals surface area (Å²) in [5.41, 5.74) is 4.16. The van der Waals surface area contributed by atoms with E-state index in [0.29, 0.717) is 0 Å². The van der Waals surface area contributed by atoms with Gasteiger partial charge in [0.2, 0.25) is 5.91 Å². The molecule has 0 unspecified atom stereocenters. The van der Waals surface area contributed by atoms with Crippen molar-refractivity contribution in [1.82, 2.24) is 5.32 Å². The van der Waals surface area contributed by atoms with E-state index in [4.69, 9.17) is 0 Å². The van der Waals surface area contributed by atoms with Crippen molar-refractivity contribution in [2.24, 2.45) is 0 Å². The number of hydrogen-bond acceptors (Lipinski definition) is 2. The third-order valence-corrected chi connectivity index (χ3v) is 4.74. The van der Waals surface area contributed by atoms with E-state index in [9.17, 15) is 4.79 Å². The molecule has 1 aliphatic heterocycles. The summed E-state index contributed by atoms with van der Waals surface area (Å²) in [6.45, 7) is 7.06. The lowest BCUT2D eigenvalue weighted by atomic mass is 9.85. The first-order valence-electron chi connectivity index (χ1n) is 8.21. The van der Waals surface area contributed by atoms with Crippen LogP contribution in [0, 0.1) is 0 Å². The first kappa shape index (κ1) is 15.8. The van der Waals surface area contributed by atoms with Crippen LogP contribution in [-0.2, 0) is 16.6 Å². The zero-order valence-corrected chi connectivity index (χ0v) is 14.0. The molecule has 0 spiro atoms. The summed E-state index contributed by atoms with van der Waals surface area (Å²) in [6.07, 6.45) is 1.02. The molecule has 0 aliphatic carbocycles. The molecular formula is C20H24N2O. The SMILES string of the molecule is C[C@@H](NCCc1ccccc1)c1ccc2c(c1)C(C)(C)C(=O)N2. The summed E-state index contributed by atoms with van der Waals surface area (Å²) in [5.74, 6) is 0.0781. The van der Waals surface area contributed by atoms with Crippen molar-refractivity contribution in [3.63, 3.8) is 0 Å². The number of carbonyl (C=O) groups excluding carboxylic acids is 1. The van der Waals surface area contributed by atoms with Crippen LogP contribution in [0.4, 0.5) is 5.69 Å². The second-order valence-corrected chi connectivity index (χ2v) is 6.80. The number of hydrogen-bond donors (Lipinski definition) is 2. The van der Waals surface area contributed by atoms with Gasteiger partial charge in [-0.05, 0) is 56.5 Å². The highest BCUT2D eigenvalue weighted by atomic mass is 16.2. The number of fused-ring (bicyclic) bond motifs is 1. The first-order valence-corrected chi connectivity index (χ1v) is 8.21. The quantitative estimate of drug-likeness (QED) is 0.882. The van der Waals surface area contributed by atoms with Crippen molar-refractivity contribution in [2.45, 2.75) is 38.6 Å². The Bertz CT molecular complexity index is 707. The van der Waals surface area contributed by atoms with E-state index >= 15 is 0 Å². The third-order valence-electron chi connectivity index (χ3n) is 4.74. The highest BCUT2D eigenvalue weighted by molar-refractivity contribution is 6.05. The number of carbonyl (C=O) groups is 1. The second-order valence-electron chi connectivity index (χ2n) is 6.80. The molecule has 3 rings (SSSR count). The maximum atomic E-state index is 12.0. The van der Waals surface area contributed by atoms with Gasteiger partial charge in [0, 0.05) is 11.7 Å². The van der Waals surface area contributed by atoms with Gasteiger partial charge in [-0.15, -0.1) is 0 Å². The van der Waals surface area contributed by atoms with Gasteiger partial charge < -0.3 is 10.6 Å². The van der Waals surface area contributed by atoms with Crippen molar-refractivity contribution in [2.75, 3.05) is 11.9 Å². The summed E-state index contributed by atoms with van der Waals surface area (Å²) in [4.78, 5) is 12.0. The van der Waals surface area contributed by atoms with Crippen LogP contribution in [0.25, 0.3) is 0 Å². The van der Waals surface area contributed by atoms with Crippen molar-refractivity contribution in [1.29, 1.82) is 0 Å². The minimum absolute atomic E-state index is 0.0781. The maximum absolute atomic E-state index is 12.0. The Morgan fingerprint density at radius 3 is 2.61 bits per heavy atom. The van der Waals surface area contributed by atoms with Crippen molar-refractivity contribution in [3.05, 3.63) is 65.2 Å². The number of rotatable bonds is 5. The van der Waals surface area contributed by atoms with Gasteiger partial charge >= 0.3 is 0 Å². The fraction of sp³-hybridized carbons (Fsp3) is 0.350. The average molecular weight is 308 g/mol. The zero-order chi connectivity index (χ0) is 16.4. The normalized spacial score (nSPS) is 16.7. The Kier molecular flexibility index (Phi) is 4.22. The molecule has 3 heteroatoms. The lowest BCUT2D eigenvalue weighted by molar-refractivity contribution is -0.119. The molecule has 0 saturated heterocycles. The van der Waals surface area contributed by atoms with E-state index in [1.165, 1.54) is 11.1 Å². The van der Waals surface area contributed by atoms with E-state index < -0.39 is 5.41 Å². The summed E-state index contributed by atoms with van der Waals surface area (Å²) in [6, 6.07) is 17.0. The van der Waals surface area contributed by atoms with Crippen molar-refractivity contribution < 1.29 is 4.79 Å². The van der Waals surface area contributed by atoms with Gasteiger partial charge in [-0.1, -0.05) is 42.5 Å². The number of benzene rings is 2. The Balaban J connectivity index is 1.66. The Morgan fingerprint density at radius 2 is 1.87 bits per heavy atom. The number of nitrogens with one attached hydrogen (secondary N) is 2. The van der Waals surface area contributed by atoms with Crippen LogP contribution >= 0.6 is 0 Å². The molecule has 120 valence electrons. The van der Waals surface area contributed by atoms with E-state index in [0.717, 1.165) is 24.2 Å². The summed E-state index contributed by atoms with van der Waals surface area (Å²) in [5, 5.41) is 6.53. The van der Waals surface area contributed by atoms with Gasteiger partial charge in [0.15, 0.2) is 0 Å². The lowest BCUT2D eigenvalue weighted by Gasteiger charge is -2.19. The van der Waals surface area contributed by atoms with Gasteiger partial charge in [0.05, 0.1) is 5.41 Å². The molecule has 0 radical (unpaired) electrons.